The highest BCUT2D eigenvalue weighted by molar-refractivity contribution is 7.89. The van der Waals surface area contributed by atoms with Crippen molar-refractivity contribution < 1.29 is 17.9 Å². The number of likely N-dealkylation sites (tertiary alicyclic amines) is 1. The molecule has 3 N–H and O–H groups in total. The van der Waals surface area contributed by atoms with Crippen molar-refractivity contribution in [3.63, 3.8) is 0 Å². The molecule has 2 saturated heterocycles. The predicted molar refractivity (Wildman–Crippen MR) is 169 cm³/mol. The number of nitrogens with one attached hydrogen (secondary N) is 1. The number of amides is 1. The molecule has 1 unspecified atom stereocenters. The summed E-state index contributed by atoms with van der Waals surface area (Å²) in [5.74, 6) is 0.631. The summed E-state index contributed by atoms with van der Waals surface area (Å²) < 4.78 is 32.3. The number of nitrogens with zero attached hydrogens (tertiary/aromatic N) is 2. The first-order valence-corrected chi connectivity index (χ1v) is 17.0. The van der Waals surface area contributed by atoms with Crippen molar-refractivity contribution in [2.45, 2.75) is 70.9 Å². The van der Waals surface area contributed by atoms with Crippen LogP contribution in [0.4, 0.5) is 0 Å². The first-order chi connectivity index (χ1) is 20.2. The Bertz CT molecular complexity index is 1490. The summed E-state index contributed by atoms with van der Waals surface area (Å²) >= 11 is 0. The maximum absolute atomic E-state index is 12.8. The summed E-state index contributed by atoms with van der Waals surface area (Å²) in [5, 5.41) is 1.09. The van der Waals surface area contributed by atoms with Crippen molar-refractivity contribution in [2.24, 2.45) is 11.7 Å². The topological polar surface area (TPSA) is 109 Å². The molecule has 1 atom stereocenters. The van der Waals surface area contributed by atoms with Gasteiger partial charge in [0.25, 0.3) is 0 Å². The van der Waals surface area contributed by atoms with Crippen LogP contribution in [0.15, 0.2) is 42.6 Å². The number of carbonyl (C=O) groups excluding carboxylic acids is 1. The highest BCUT2D eigenvalue weighted by atomic mass is 32.2. The fraction of sp³-hybridized carbons (Fsp3) is 0.545. The molecule has 42 heavy (non-hydrogen) atoms. The van der Waals surface area contributed by atoms with Gasteiger partial charge in [-0.1, -0.05) is 32.0 Å². The van der Waals surface area contributed by atoms with Crippen LogP contribution in [0.25, 0.3) is 22.0 Å². The molecule has 3 aromatic rings. The van der Waals surface area contributed by atoms with Gasteiger partial charge >= 0.3 is 0 Å². The lowest BCUT2D eigenvalue weighted by atomic mass is 9.88. The van der Waals surface area contributed by atoms with Crippen molar-refractivity contribution >= 4 is 26.8 Å². The maximum Gasteiger partial charge on any atom is 0.221 e. The Balaban J connectivity index is 1.41. The van der Waals surface area contributed by atoms with Gasteiger partial charge in [0.2, 0.25) is 15.9 Å². The summed E-state index contributed by atoms with van der Waals surface area (Å²) in [6, 6.07) is 13.7. The molecule has 1 amide bonds. The van der Waals surface area contributed by atoms with Gasteiger partial charge in [0.05, 0.1) is 12.2 Å². The molecule has 0 radical (unpaired) electrons. The summed E-state index contributed by atoms with van der Waals surface area (Å²) in [7, 11) is -1.69. The zero-order valence-corrected chi connectivity index (χ0v) is 26.1. The van der Waals surface area contributed by atoms with Crippen LogP contribution in [-0.4, -0.2) is 73.7 Å². The molecule has 8 nitrogen and oxygen atoms in total. The van der Waals surface area contributed by atoms with E-state index in [4.69, 9.17) is 10.5 Å². The molecule has 0 spiro atoms. The van der Waals surface area contributed by atoms with Gasteiger partial charge in [-0.15, -0.1) is 0 Å². The predicted octanol–water partition coefficient (Wildman–Crippen LogP) is 5.03. The standard InChI is InChI=1S/C33H46N4O4S/c1-23(2)31-9-5-12-36(31)22-24-7-4-8-26(17-24)27-18-28(20-32(34)38)33-29(19-27)30(21-35-33)25-10-13-37(14-11-25)42(39,40)16-6-15-41-3/h4,7-8,17-19,21,23,25,31,35H,5-6,9-16,20,22H2,1-3H3,(H2,34,38). The van der Waals surface area contributed by atoms with E-state index in [1.165, 1.54) is 24.0 Å². The Morgan fingerprint density at radius 2 is 1.88 bits per heavy atom. The maximum atomic E-state index is 12.8. The number of hydrogen-bond donors (Lipinski definition) is 2. The number of hydrogen-bond acceptors (Lipinski definition) is 5. The number of aromatic nitrogens is 1. The molecule has 9 heteroatoms. The number of nitrogens with two attached hydrogens (primary N) is 1. The average molecular weight is 595 g/mol. The van der Waals surface area contributed by atoms with E-state index in [1.807, 2.05) is 6.20 Å². The number of carbonyl (C=O) groups is 1. The zero-order valence-electron chi connectivity index (χ0n) is 25.3. The third-order valence-electron chi connectivity index (χ3n) is 9.14. The van der Waals surface area contributed by atoms with Crippen LogP contribution in [0.5, 0.6) is 0 Å². The molecule has 0 bridgehead atoms. The summed E-state index contributed by atoms with van der Waals surface area (Å²) in [6.07, 6.45) is 6.74. The van der Waals surface area contributed by atoms with Gasteiger partial charge in [-0.25, -0.2) is 12.7 Å². The number of primary amides is 1. The van der Waals surface area contributed by atoms with E-state index < -0.39 is 10.0 Å². The largest absolute Gasteiger partial charge is 0.385 e. The van der Waals surface area contributed by atoms with Crippen LogP contribution in [0.3, 0.4) is 0 Å². The summed E-state index contributed by atoms with van der Waals surface area (Å²) in [5.41, 5.74) is 12.2. The lowest BCUT2D eigenvalue weighted by Gasteiger charge is -2.31. The molecular weight excluding hydrogens is 548 g/mol. The van der Waals surface area contributed by atoms with Crippen LogP contribution >= 0.6 is 0 Å². The van der Waals surface area contributed by atoms with Gasteiger partial charge in [-0.3, -0.25) is 9.69 Å². The number of aromatic amines is 1. The molecule has 2 fully saturated rings. The summed E-state index contributed by atoms with van der Waals surface area (Å²) in [4.78, 5) is 18.1. The second kappa shape index (κ2) is 13.3. The van der Waals surface area contributed by atoms with Crippen molar-refractivity contribution in [1.29, 1.82) is 0 Å². The SMILES string of the molecule is COCCCS(=O)(=O)N1CCC(c2c[nH]c3c(CC(N)=O)cc(-c4cccc(CN5CCCC5C(C)C)c4)cc23)CC1. The quantitative estimate of drug-likeness (QED) is 0.286. The number of fused-ring (bicyclic) bond motifs is 1. The van der Waals surface area contributed by atoms with Gasteiger partial charge in [0.15, 0.2) is 0 Å². The Hall–Kier alpha value is -2.72. The van der Waals surface area contributed by atoms with Crippen molar-refractivity contribution in [3.05, 3.63) is 59.3 Å². The Morgan fingerprint density at radius 1 is 1.10 bits per heavy atom. The molecule has 2 aliphatic rings. The van der Waals surface area contributed by atoms with E-state index in [-0.39, 0.29) is 24.0 Å². The second-order valence-electron chi connectivity index (χ2n) is 12.4. The number of sulfonamides is 1. The highest BCUT2D eigenvalue weighted by Gasteiger charge is 2.30. The van der Waals surface area contributed by atoms with Crippen LogP contribution < -0.4 is 5.73 Å². The zero-order chi connectivity index (χ0) is 29.9. The number of benzene rings is 2. The van der Waals surface area contributed by atoms with E-state index in [9.17, 15) is 13.2 Å². The monoisotopic (exact) mass is 594 g/mol. The van der Waals surface area contributed by atoms with Crippen LogP contribution in [0.1, 0.15) is 68.6 Å². The first-order valence-electron chi connectivity index (χ1n) is 15.4. The number of methoxy groups -OCH3 is 1. The number of piperidine rings is 1. The minimum Gasteiger partial charge on any atom is -0.385 e. The normalized spacial score (nSPS) is 19.3. The smallest absolute Gasteiger partial charge is 0.221 e. The molecule has 2 aromatic carbocycles. The Morgan fingerprint density at radius 3 is 2.60 bits per heavy atom. The molecule has 0 aliphatic carbocycles. The van der Waals surface area contributed by atoms with E-state index in [2.05, 4.69) is 60.1 Å². The fourth-order valence-corrected chi connectivity index (χ4v) is 8.51. The van der Waals surface area contributed by atoms with E-state index in [1.54, 1.807) is 11.4 Å². The highest BCUT2D eigenvalue weighted by Crippen LogP contribution is 2.38. The molecule has 0 saturated carbocycles. The second-order valence-corrected chi connectivity index (χ2v) is 14.5. The third-order valence-corrected chi connectivity index (χ3v) is 11.1. The van der Waals surface area contributed by atoms with Crippen LogP contribution in [0.2, 0.25) is 0 Å². The average Bonchev–Trinajstić information content (AvgIpc) is 3.60. The van der Waals surface area contributed by atoms with Crippen LogP contribution in [0, 0.1) is 5.92 Å². The van der Waals surface area contributed by atoms with Gasteiger partial charge in [-0.2, -0.15) is 0 Å². The molecule has 2 aliphatic heterocycles. The lowest BCUT2D eigenvalue weighted by molar-refractivity contribution is -0.117. The molecule has 3 heterocycles. The minimum absolute atomic E-state index is 0.118. The minimum atomic E-state index is -3.28. The van der Waals surface area contributed by atoms with Gasteiger partial charge in [0.1, 0.15) is 0 Å². The van der Waals surface area contributed by atoms with E-state index in [0.717, 1.165) is 53.5 Å². The number of ether oxygens (including phenoxy) is 1. The van der Waals surface area contributed by atoms with Crippen molar-refractivity contribution in [3.8, 4) is 11.1 Å². The Labute approximate surface area is 250 Å². The van der Waals surface area contributed by atoms with E-state index in [0.29, 0.717) is 38.1 Å². The van der Waals surface area contributed by atoms with Gasteiger partial charge in [0, 0.05) is 56.5 Å². The van der Waals surface area contributed by atoms with E-state index >= 15 is 0 Å². The third kappa shape index (κ3) is 6.91. The van der Waals surface area contributed by atoms with Crippen LogP contribution in [-0.2, 0) is 32.5 Å². The van der Waals surface area contributed by atoms with Crippen molar-refractivity contribution in [1.82, 2.24) is 14.2 Å². The fourth-order valence-electron chi connectivity index (χ4n) is 7.01. The van der Waals surface area contributed by atoms with Gasteiger partial charge in [-0.05, 0) is 96.5 Å². The molecule has 5 rings (SSSR count). The number of H-pyrrole nitrogens is 1. The Kier molecular flexibility index (Phi) is 9.72. The molecule has 1 aromatic heterocycles. The van der Waals surface area contributed by atoms with Crippen molar-refractivity contribution in [2.75, 3.05) is 39.1 Å². The molecule has 228 valence electrons. The lowest BCUT2D eigenvalue weighted by Crippen LogP contribution is -2.39. The number of rotatable bonds is 12. The summed E-state index contributed by atoms with van der Waals surface area (Å²) in [6.45, 7) is 8.18. The van der Waals surface area contributed by atoms with Gasteiger partial charge < -0.3 is 15.5 Å². The molecular formula is C33H46N4O4S. The first kappa shape index (κ1) is 30.7.